The van der Waals surface area contributed by atoms with Gasteiger partial charge in [-0.25, -0.2) is 14.6 Å². The second kappa shape index (κ2) is 14.7. The maximum absolute atomic E-state index is 13.5. The number of aryl methyl sites for hydroxylation is 1. The number of carboxylic acids is 2. The lowest BCUT2D eigenvalue weighted by molar-refractivity contribution is -0.911. The second-order valence-electron chi connectivity index (χ2n) is 13.8. The summed E-state index contributed by atoms with van der Waals surface area (Å²) in [5.74, 6) is -4.70. The number of aliphatic carboxylic acids is 2. The minimum atomic E-state index is -1.79. The summed E-state index contributed by atoms with van der Waals surface area (Å²) in [6.07, 6.45) is 3.05. The molecule has 54 heavy (non-hydrogen) atoms. The van der Waals surface area contributed by atoms with E-state index in [1.165, 1.54) is 46.7 Å². The number of rotatable bonds is 13. The Hall–Kier alpha value is -5.47. The van der Waals surface area contributed by atoms with Gasteiger partial charge >= 0.3 is 11.9 Å². The monoisotopic (exact) mass is 783 g/mol. The van der Waals surface area contributed by atoms with Crippen molar-refractivity contribution in [1.29, 1.82) is 0 Å². The summed E-state index contributed by atoms with van der Waals surface area (Å²) in [5.41, 5.74) is 4.04. The van der Waals surface area contributed by atoms with Gasteiger partial charge in [0.05, 0.1) is 48.8 Å². The van der Waals surface area contributed by atoms with E-state index in [2.05, 4.69) is 20.8 Å². The number of carbonyl (C=O) groups is 5. The molecule has 0 aliphatic carbocycles. The van der Waals surface area contributed by atoms with Gasteiger partial charge in [-0.05, 0) is 26.0 Å². The van der Waals surface area contributed by atoms with E-state index in [4.69, 9.17) is 10.6 Å². The van der Waals surface area contributed by atoms with E-state index in [1.807, 2.05) is 0 Å². The van der Waals surface area contributed by atoms with E-state index >= 15 is 0 Å². The number of quaternary nitrogens is 1. The molecule has 1 aromatic carbocycles. The fourth-order valence-corrected chi connectivity index (χ4v) is 8.81. The Bertz CT molecular complexity index is 2190. The van der Waals surface area contributed by atoms with Crippen molar-refractivity contribution in [2.75, 3.05) is 44.2 Å². The molecule has 3 aliphatic rings. The van der Waals surface area contributed by atoms with Crippen molar-refractivity contribution in [1.82, 2.24) is 25.1 Å². The number of nitrogens with one attached hydrogen (secondary N) is 2. The summed E-state index contributed by atoms with van der Waals surface area (Å²) in [7, 11) is 1.63. The van der Waals surface area contributed by atoms with Gasteiger partial charge in [0.1, 0.15) is 29.4 Å². The largest absolute Gasteiger partial charge is 0.503 e. The van der Waals surface area contributed by atoms with E-state index in [1.54, 1.807) is 25.2 Å². The number of benzene rings is 1. The van der Waals surface area contributed by atoms with Crippen molar-refractivity contribution in [2.45, 2.75) is 43.7 Å². The molecular weight excluding hydrogens is 745 g/mol. The SMILES string of the molecule is Cn1cc(O)c(=O)c2cccc(C(=O)NCC[N+]3(CC4=C(C(=O)O)N5C(=O)[C@@H](NC(=O)/C(=N/OC(C)(C)C(=O)O)c6csc(N)n6)[C@H]5SC4)CCCC3)c21. The summed E-state index contributed by atoms with van der Waals surface area (Å²) >= 11 is 2.32. The number of aromatic hydroxyl groups is 1. The molecule has 0 radical (unpaired) electrons. The molecule has 3 aliphatic heterocycles. The summed E-state index contributed by atoms with van der Waals surface area (Å²) in [6, 6.07) is 3.61. The zero-order valence-corrected chi connectivity index (χ0v) is 31.2. The molecule has 0 unspecified atom stereocenters. The van der Waals surface area contributed by atoms with E-state index < -0.39 is 63.6 Å². The highest BCUT2D eigenvalue weighted by Crippen LogP contribution is 2.41. The standard InChI is InChI=1S/C34H38N8O10S2/c1-34(2,32(50)51)52-39-22(20-16-54-33(35)37-20)28(46)38-23-29(47)41-24(31(48)49)17(15-53-30(23)41)14-42(10-4-5-11-42)12-9-36-27(45)19-8-6-7-18-25(19)40(3)13-21(43)26(18)44/h6-8,13,16,23,30H,4-5,9-12,14-15H2,1-3H3,(H6-,35,36,37,38,43,45,46,48,49,50,51)/p+1/b39-22+/t23-,30-/m1/s1. The van der Waals surface area contributed by atoms with Gasteiger partial charge in [-0.1, -0.05) is 11.2 Å². The molecule has 5 heterocycles. The number of pyridine rings is 1. The van der Waals surface area contributed by atoms with Crippen molar-refractivity contribution < 1.29 is 48.6 Å². The first-order valence-corrected chi connectivity index (χ1v) is 18.8. The average molecular weight is 784 g/mol. The lowest BCUT2D eigenvalue weighted by Crippen LogP contribution is -2.71. The molecule has 0 bridgehead atoms. The first kappa shape index (κ1) is 38.3. The van der Waals surface area contributed by atoms with Crippen LogP contribution in [0.3, 0.4) is 0 Å². The Kier molecular flexibility index (Phi) is 10.4. The highest BCUT2D eigenvalue weighted by Gasteiger charge is 2.55. The molecule has 286 valence electrons. The van der Waals surface area contributed by atoms with E-state index in [9.17, 15) is 44.1 Å². The number of aromatic nitrogens is 2. The lowest BCUT2D eigenvalue weighted by atomic mass is 10.0. The van der Waals surface area contributed by atoms with Gasteiger partial charge in [0.2, 0.25) is 11.0 Å². The molecule has 2 atom stereocenters. The number of carbonyl (C=O) groups excluding carboxylic acids is 3. The molecule has 20 heteroatoms. The number of nitrogen functional groups attached to an aromatic ring is 1. The van der Waals surface area contributed by atoms with Gasteiger partial charge in [-0.2, -0.15) is 0 Å². The van der Waals surface area contributed by atoms with Crippen LogP contribution in [0.15, 0.2) is 51.0 Å². The summed E-state index contributed by atoms with van der Waals surface area (Å²) in [6.45, 7) is 5.02. The van der Waals surface area contributed by atoms with Crippen molar-refractivity contribution >= 4 is 74.5 Å². The highest BCUT2D eigenvalue weighted by molar-refractivity contribution is 8.00. The number of nitrogens with zero attached hydrogens (tertiary/aromatic N) is 5. The molecule has 3 amide bonds. The maximum atomic E-state index is 13.5. The van der Waals surface area contributed by atoms with Gasteiger partial charge in [-0.3, -0.25) is 24.1 Å². The molecule has 2 fully saturated rings. The third-order valence-electron chi connectivity index (χ3n) is 9.74. The predicted molar refractivity (Wildman–Crippen MR) is 198 cm³/mol. The molecule has 18 nitrogen and oxygen atoms in total. The Morgan fingerprint density at radius 2 is 1.89 bits per heavy atom. The minimum absolute atomic E-state index is 0.00310. The van der Waals surface area contributed by atoms with Crippen LogP contribution < -0.4 is 21.8 Å². The topological polar surface area (TPSA) is 256 Å². The smallest absolute Gasteiger partial charge is 0.352 e. The number of nitrogens with two attached hydrogens (primary N) is 1. The number of thiazole rings is 1. The summed E-state index contributed by atoms with van der Waals surface area (Å²) in [5, 5.41) is 40.1. The first-order chi connectivity index (χ1) is 25.5. The van der Waals surface area contributed by atoms with Crippen LogP contribution in [-0.4, -0.2) is 125 Å². The Balaban J connectivity index is 1.16. The number of oxime groups is 1. The van der Waals surface area contributed by atoms with Crippen LogP contribution in [-0.2, 0) is 31.1 Å². The number of carboxylic acid groups (broad SMARTS) is 2. The quantitative estimate of drug-likeness (QED) is 0.0603. The predicted octanol–water partition coefficient (Wildman–Crippen LogP) is 0.646. The third-order valence-corrected chi connectivity index (χ3v) is 11.7. The van der Waals surface area contributed by atoms with Crippen LogP contribution in [0.1, 0.15) is 42.7 Å². The number of likely N-dealkylation sites (tertiary alicyclic amines) is 1. The molecular formula is C34H39N8O10S2+. The number of para-hydroxylation sites is 1. The Morgan fingerprint density at radius 1 is 1.17 bits per heavy atom. The van der Waals surface area contributed by atoms with Crippen LogP contribution in [0.25, 0.3) is 10.9 Å². The second-order valence-corrected chi connectivity index (χ2v) is 15.8. The van der Waals surface area contributed by atoms with Gasteiger partial charge in [0.25, 0.3) is 17.7 Å². The molecule has 0 spiro atoms. The van der Waals surface area contributed by atoms with Crippen LogP contribution >= 0.6 is 23.1 Å². The zero-order valence-electron chi connectivity index (χ0n) is 29.5. The van der Waals surface area contributed by atoms with Crippen molar-refractivity contribution in [3.05, 3.63) is 62.5 Å². The van der Waals surface area contributed by atoms with Crippen molar-refractivity contribution in [2.24, 2.45) is 12.2 Å². The zero-order chi connectivity index (χ0) is 39.1. The average Bonchev–Trinajstić information content (AvgIpc) is 3.77. The molecule has 0 saturated carbocycles. The number of fused-ring (bicyclic) bond motifs is 2. The summed E-state index contributed by atoms with van der Waals surface area (Å²) in [4.78, 5) is 87.5. The fraction of sp³-hybridized carbons (Fsp3) is 0.412. The number of amides is 3. The lowest BCUT2D eigenvalue weighted by Gasteiger charge is -2.50. The Labute approximate surface area is 315 Å². The van der Waals surface area contributed by atoms with Gasteiger partial charge in [-0.15, -0.1) is 23.1 Å². The normalized spacial score (nSPS) is 19.6. The van der Waals surface area contributed by atoms with Crippen LogP contribution in [0.4, 0.5) is 5.13 Å². The number of β-lactam (4-membered cyclic amide) rings is 1. The fourth-order valence-electron chi connectivity index (χ4n) is 6.92. The molecule has 6 rings (SSSR count). The van der Waals surface area contributed by atoms with Gasteiger partial charge < -0.3 is 45.6 Å². The minimum Gasteiger partial charge on any atom is -0.503 e. The number of hydrogen-bond donors (Lipinski definition) is 6. The molecule has 2 aromatic heterocycles. The van der Waals surface area contributed by atoms with Crippen molar-refractivity contribution in [3.8, 4) is 5.75 Å². The summed E-state index contributed by atoms with van der Waals surface area (Å²) < 4.78 is 2.02. The molecule has 2 saturated heterocycles. The first-order valence-electron chi connectivity index (χ1n) is 16.9. The van der Waals surface area contributed by atoms with Gasteiger partial charge in [0.15, 0.2) is 16.6 Å². The van der Waals surface area contributed by atoms with Crippen LogP contribution in [0, 0.1) is 0 Å². The number of hydrogen-bond acceptors (Lipinski definition) is 13. The Morgan fingerprint density at radius 3 is 2.54 bits per heavy atom. The van der Waals surface area contributed by atoms with Crippen molar-refractivity contribution in [3.63, 3.8) is 0 Å². The van der Waals surface area contributed by atoms with E-state index in [0.717, 1.165) is 37.3 Å². The van der Waals surface area contributed by atoms with Crippen LogP contribution in [0.5, 0.6) is 5.75 Å². The van der Waals surface area contributed by atoms with Crippen LogP contribution in [0.2, 0.25) is 0 Å². The maximum Gasteiger partial charge on any atom is 0.352 e. The molecule has 7 N–H and O–H groups in total. The van der Waals surface area contributed by atoms with E-state index in [-0.39, 0.29) is 39.8 Å². The molecule has 3 aromatic rings. The van der Waals surface area contributed by atoms with E-state index in [0.29, 0.717) is 28.7 Å². The third kappa shape index (κ3) is 7.23. The highest BCUT2D eigenvalue weighted by atomic mass is 32.2. The van der Waals surface area contributed by atoms with Gasteiger partial charge in [0, 0.05) is 36.6 Å². The number of thioether (sulfide) groups is 1. The number of anilines is 1.